The Balaban J connectivity index is 1.94. The van der Waals surface area contributed by atoms with Crippen molar-refractivity contribution in [2.75, 3.05) is 13.2 Å². The number of amides is 1. The molecule has 0 bridgehead atoms. The van der Waals surface area contributed by atoms with Crippen LogP contribution in [0.2, 0.25) is 5.02 Å². The molecule has 6 nitrogen and oxygen atoms in total. The van der Waals surface area contributed by atoms with Gasteiger partial charge in [-0.05, 0) is 38.0 Å². The topological polar surface area (TPSA) is 71.2 Å². The van der Waals surface area contributed by atoms with Crippen LogP contribution in [0.4, 0.5) is 4.39 Å². The third-order valence-corrected chi connectivity index (χ3v) is 4.32. The number of aliphatic hydroxyl groups excluding tert-OH is 1. The highest BCUT2D eigenvalue weighted by Crippen LogP contribution is 2.23. The molecular weight excluding hydrogens is 323 g/mol. The van der Waals surface area contributed by atoms with Gasteiger partial charge in [0.2, 0.25) is 0 Å². The van der Waals surface area contributed by atoms with Crippen LogP contribution in [-0.4, -0.2) is 50.1 Å². The number of hydrogen-bond acceptors (Lipinski definition) is 4. The van der Waals surface area contributed by atoms with Crippen LogP contribution < -0.4 is 0 Å². The summed E-state index contributed by atoms with van der Waals surface area (Å²) in [4.78, 5) is 14.2. The average molecular weight is 339 g/mol. The van der Waals surface area contributed by atoms with Gasteiger partial charge in [0, 0.05) is 11.6 Å². The molecule has 1 aliphatic heterocycles. The zero-order valence-electron chi connectivity index (χ0n) is 12.5. The van der Waals surface area contributed by atoms with Crippen molar-refractivity contribution in [3.05, 3.63) is 40.4 Å². The molecule has 1 aromatic carbocycles. The molecule has 0 saturated carbocycles. The molecule has 0 radical (unpaired) electrons. The Bertz CT molecular complexity index is 749. The summed E-state index contributed by atoms with van der Waals surface area (Å²) < 4.78 is 15.3. The maximum absolute atomic E-state index is 14.0. The summed E-state index contributed by atoms with van der Waals surface area (Å²) in [7, 11) is 0. The summed E-state index contributed by atoms with van der Waals surface area (Å²) in [6, 6.07) is 4.02. The molecule has 3 rings (SSSR count). The van der Waals surface area contributed by atoms with Gasteiger partial charge in [-0.3, -0.25) is 4.79 Å². The standard InChI is InChI=1S/C15H16ClFN4O2/c1-9-14(15(23)20-6-2-3-11(20)8-22)18-19-21(9)13-5-4-10(16)7-12(13)17/h4-5,7,11,22H,2-3,6,8H2,1H3/t11-/m1/s1. The van der Waals surface area contributed by atoms with Crippen LogP contribution in [0.15, 0.2) is 18.2 Å². The van der Waals surface area contributed by atoms with Gasteiger partial charge in [0.05, 0.1) is 18.3 Å². The predicted octanol–water partition coefficient (Wildman–Crippen LogP) is 1.97. The normalized spacial score (nSPS) is 17.7. The Morgan fingerprint density at radius 2 is 2.30 bits per heavy atom. The molecule has 0 spiro atoms. The highest BCUT2D eigenvalue weighted by molar-refractivity contribution is 6.30. The summed E-state index contributed by atoms with van der Waals surface area (Å²) >= 11 is 5.75. The Morgan fingerprint density at radius 3 is 3.00 bits per heavy atom. The third-order valence-electron chi connectivity index (χ3n) is 4.08. The number of hydrogen-bond donors (Lipinski definition) is 1. The molecule has 122 valence electrons. The summed E-state index contributed by atoms with van der Waals surface area (Å²) in [5.74, 6) is -0.835. The number of halogens is 2. The zero-order chi connectivity index (χ0) is 16.6. The van der Waals surface area contributed by atoms with Gasteiger partial charge in [0.25, 0.3) is 5.91 Å². The summed E-state index contributed by atoms with van der Waals surface area (Å²) in [6.45, 7) is 2.15. The van der Waals surface area contributed by atoms with Gasteiger partial charge in [-0.2, -0.15) is 0 Å². The Hall–Kier alpha value is -1.99. The van der Waals surface area contributed by atoms with E-state index in [0.29, 0.717) is 12.2 Å². The van der Waals surface area contributed by atoms with Gasteiger partial charge in [0.1, 0.15) is 11.5 Å². The lowest BCUT2D eigenvalue weighted by Crippen LogP contribution is -2.38. The molecule has 8 heteroatoms. The maximum atomic E-state index is 14.0. The second kappa shape index (κ2) is 6.25. The van der Waals surface area contributed by atoms with Gasteiger partial charge in [-0.25, -0.2) is 9.07 Å². The van der Waals surface area contributed by atoms with Crippen molar-refractivity contribution in [1.29, 1.82) is 0 Å². The average Bonchev–Trinajstić information content (AvgIpc) is 3.13. The molecule has 1 aliphatic rings. The van der Waals surface area contributed by atoms with Crippen molar-refractivity contribution in [2.45, 2.75) is 25.8 Å². The van der Waals surface area contributed by atoms with E-state index >= 15 is 0 Å². The molecule has 1 N–H and O–H groups in total. The molecule has 1 atom stereocenters. The van der Waals surface area contributed by atoms with Crippen LogP contribution in [0.25, 0.3) is 5.69 Å². The fourth-order valence-corrected chi connectivity index (χ4v) is 3.00. The lowest BCUT2D eigenvalue weighted by Gasteiger charge is -2.22. The minimum absolute atomic E-state index is 0.0786. The van der Waals surface area contributed by atoms with E-state index in [1.165, 1.54) is 16.8 Å². The summed E-state index contributed by atoms with van der Waals surface area (Å²) in [6.07, 6.45) is 1.61. The van der Waals surface area contributed by atoms with Gasteiger partial charge in [-0.1, -0.05) is 16.8 Å². The number of benzene rings is 1. The van der Waals surface area contributed by atoms with Crippen LogP contribution in [-0.2, 0) is 0 Å². The van der Waals surface area contributed by atoms with Gasteiger partial charge >= 0.3 is 0 Å². The van der Waals surface area contributed by atoms with Crippen molar-refractivity contribution in [3.8, 4) is 5.69 Å². The van der Waals surface area contributed by atoms with E-state index in [1.54, 1.807) is 17.9 Å². The van der Waals surface area contributed by atoms with E-state index in [9.17, 15) is 14.3 Å². The highest BCUT2D eigenvalue weighted by Gasteiger charge is 2.32. The van der Waals surface area contributed by atoms with Crippen LogP contribution in [0, 0.1) is 12.7 Å². The number of rotatable bonds is 3. The van der Waals surface area contributed by atoms with Crippen molar-refractivity contribution >= 4 is 17.5 Å². The zero-order valence-corrected chi connectivity index (χ0v) is 13.3. The number of aromatic nitrogens is 3. The smallest absolute Gasteiger partial charge is 0.276 e. The Labute approximate surface area is 137 Å². The minimum atomic E-state index is -0.543. The second-order valence-corrected chi connectivity index (χ2v) is 5.94. The lowest BCUT2D eigenvalue weighted by atomic mass is 10.2. The first-order valence-corrected chi connectivity index (χ1v) is 7.70. The Kier molecular flexibility index (Phi) is 4.32. The van der Waals surface area contributed by atoms with E-state index in [1.807, 2.05) is 0 Å². The number of aliphatic hydroxyl groups is 1. The molecule has 1 saturated heterocycles. The maximum Gasteiger partial charge on any atom is 0.276 e. The van der Waals surface area contributed by atoms with Crippen molar-refractivity contribution in [3.63, 3.8) is 0 Å². The number of likely N-dealkylation sites (tertiary alicyclic amines) is 1. The molecule has 1 amide bonds. The molecule has 0 aliphatic carbocycles. The molecular formula is C15H16ClFN4O2. The van der Waals surface area contributed by atoms with Crippen molar-refractivity contribution < 1.29 is 14.3 Å². The first-order chi connectivity index (χ1) is 11.0. The van der Waals surface area contributed by atoms with E-state index < -0.39 is 5.82 Å². The second-order valence-electron chi connectivity index (χ2n) is 5.51. The monoisotopic (exact) mass is 338 g/mol. The quantitative estimate of drug-likeness (QED) is 0.928. The molecule has 0 unspecified atom stereocenters. The number of carbonyl (C=O) groups is 1. The fraction of sp³-hybridized carbons (Fsp3) is 0.400. The van der Waals surface area contributed by atoms with Crippen molar-refractivity contribution in [2.24, 2.45) is 0 Å². The van der Waals surface area contributed by atoms with Crippen LogP contribution in [0.1, 0.15) is 29.0 Å². The summed E-state index contributed by atoms with van der Waals surface area (Å²) in [5, 5.41) is 17.4. The number of carbonyl (C=O) groups excluding carboxylic acids is 1. The molecule has 1 aromatic heterocycles. The molecule has 23 heavy (non-hydrogen) atoms. The third kappa shape index (κ3) is 2.82. The van der Waals surface area contributed by atoms with E-state index in [4.69, 9.17) is 11.6 Å². The van der Waals surface area contributed by atoms with E-state index in [-0.39, 0.29) is 35.0 Å². The van der Waals surface area contributed by atoms with Crippen molar-refractivity contribution in [1.82, 2.24) is 19.9 Å². The lowest BCUT2D eigenvalue weighted by molar-refractivity contribution is 0.0671. The molecule has 2 aromatic rings. The highest BCUT2D eigenvalue weighted by atomic mass is 35.5. The fourth-order valence-electron chi connectivity index (χ4n) is 2.84. The van der Waals surface area contributed by atoms with E-state index in [2.05, 4.69) is 10.3 Å². The van der Waals surface area contributed by atoms with Gasteiger partial charge in [0.15, 0.2) is 5.69 Å². The first-order valence-electron chi connectivity index (χ1n) is 7.32. The largest absolute Gasteiger partial charge is 0.394 e. The SMILES string of the molecule is Cc1c(C(=O)N2CCC[C@@H]2CO)nnn1-c1ccc(Cl)cc1F. The van der Waals surface area contributed by atoms with Crippen LogP contribution in [0.5, 0.6) is 0 Å². The van der Waals surface area contributed by atoms with Crippen LogP contribution in [0.3, 0.4) is 0 Å². The minimum Gasteiger partial charge on any atom is -0.394 e. The van der Waals surface area contributed by atoms with Crippen LogP contribution >= 0.6 is 11.6 Å². The molecule has 2 heterocycles. The first kappa shape index (κ1) is 15.9. The van der Waals surface area contributed by atoms with Gasteiger partial charge < -0.3 is 10.0 Å². The van der Waals surface area contributed by atoms with E-state index in [0.717, 1.165) is 12.8 Å². The van der Waals surface area contributed by atoms with Gasteiger partial charge in [-0.15, -0.1) is 5.10 Å². The summed E-state index contributed by atoms with van der Waals surface area (Å²) in [5.41, 5.74) is 0.790. The Morgan fingerprint density at radius 1 is 1.52 bits per heavy atom. The number of nitrogens with zero attached hydrogens (tertiary/aromatic N) is 4. The predicted molar refractivity (Wildman–Crippen MR) is 82.2 cm³/mol. The molecule has 1 fully saturated rings.